The normalized spacial score (nSPS) is 19.4. The molecular weight excluding hydrogens is 278 g/mol. The van der Waals surface area contributed by atoms with Gasteiger partial charge in [0.25, 0.3) is 0 Å². The van der Waals surface area contributed by atoms with Gasteiger partial charge in [0, 0.05) is 6.07 Å². The van der Waals surface area contributed by atoms with Gasteiger partial charge in [-0.25, -0.2) is 0 Å². The number of hydrogen-bond acceptors (Lipinski definition) is 0. The van der Waals surface area contributed by atoms with E-state index in [2.05, 4.69) is 79.2 Å². The molecule has 0 radical (unpaired) electrons. The van der Waals surface area contributed by atoms with Gasteiger partial charge in [-0.05, 0) is 35.9 Å². The van der Waals surface area contributed by atoms with E-state index in [-0.39, 0.29) is 5.41 Å². The minimum atomic E-state index is 0.269. The Bertz CT molecular complexity index is 865. The Morgan fingerprint density at radius 1 is 0.957 bits per heavy atom. The van der Waals surface area contributed by atoms with Crippen LogP contribution in [0.2, 0.25) is 0 Å². The summed E-state index contributed by atoms with van der Waals surface area (Å²) in [4.78, 5) is 0. The number of aromatic nitrogens is 1. The molecule has 1 atom stereocenters. The van der Waals surface area contributed by atoms with Crippen molar-refractivity contribution in [3.05, 3.63) is 66.4 Å². The van der Waals surface area contributed by atoms with Gasteiger partial charge in [0.15, 0.2) is 12.7 Å². The maximum absolute atomic E-state index is 2.49. The highest BCUT2D eigenvalue weighted by Gasteiger charge is 2.42. The third kappa shape index (κ3) is 2.10. The number of nitrogens with zero attached hydrogens (tertiary/aromatic N) is 1. The first-order chi connectivity index (χ1) is 11.3. The summed E-state index contributed by atoms with van der Waals surface area (Å²) < 4.78 is 2.49. The Labute approximate surface area is 138 Å². The van der Waals surface area contributed by atoms with Gasteiger partial charge >= 0.3 is 0 Å². The lowest BCUT2D eigenvalue weighted by atomic mass is 9.70. The fourth-order valence-electron chi connectivity index (χ4n) is 4.42. The zero-order chi connectivity index (χ0) is 15.9. The molecule has 0 fully saturated rings. The van der Waals surface area contributed by atoms with Gasteiger partial charge < -0.3 is 0 Å². The van der Waals surface area contributed by atoms with E-state index in [1.54, 1.807) is 5.56 Å². The Balaban J connectivity index is 2.05. The Morgan fingerprint density at radius 2 is 1.74 bits per heavy atom. The van der Waals surface area contributed by atoms with Crippen LogP contribution in [0.25, 0.3) is 22.0 Å². The minimum Gasteiger partial charge on any atom is -0.197 e. The second kappa shape index (κ2) is 5.49. The first kappa shape index (κ1) is 14.4. The molecule has 0 aliphatic carbocycles. The molecule has 1 nitrogen and oxygen atoms in total. The molecule has 116 valence electrons. The van der Waals surface area contributed by atoms with Crippen molar-refractivity contribution >= 4 is 10.8 Å². The summed E-state index contributed by atoms with van der Waals surface area (Å²) in [6.07, 6.45) is 5.95. The molecule has 2 heterocycles. The summed E-state index contributed by atoms with van der Waals surface area (Å²) in [5.41, 5.74) is 4.62. The monoisotopic (exact) mass is 302 g/mol. The van der Waals surface area contributed by atoms with E-state index in [0.29, 0.717) is 0 Å². The van der Waals surface area contributed by atoms with E-state index in [4.69, 9.17) is 0 Å². The lowest BCUT2D eigenvalue weighted by Crippen LogP contribution is -2.50. The molecule has 0 saturated carbocycles. The van der Waals surface area contributed by atoms with E-state index in [9.17, 15) is 0 Å². The van der Waals surface area contributed by atoms with E-state index < -0.39 is 0 Å². The van der Waals surface area contributed by atoms with Crippen molar-refractivity contribution in [3.8, 4) is 11.3 Å². The molecule has 1 heteroatoms. The van der Waals surface area contributed by atoms with Gasteiger partial charge in [-0.3, -0.25) is 0 Å². The fourth-order valence-corrected chi connectivity index (χ4v) is 4.42. The average Bonchev–Trinajstić information content (AvgIpc) is 2.61. The first-order valence-corrected chi connectivity index (χ1v) is 8.80. The molecule has 0 bridgehead atoms. The highest BCUT2D eigenvalue weighted by atomic mass is 15.0. The van der Waals surface area contributed by atoms with E-state index in [0.717, 1.165) is 6.54 Å². The molecular formula is C22H24N+. The quantitative estimate of drug-likeness (QED) is 0.581. The van der Waals surface area contributed by atoms with Crippen LogP contribution < -0.4 is 4.57 Å². The Morgan fingerprint density at radius 3 is 2.57 bits per heavy atom. The zero-order valence-electron chi connectivity index (χ0n) is 14.0. The van der Waals surface area contributed by atoms with Crippen molar-refractivity contribution in [3.63, 3.8) is 0 Å². The Hall–Kier alpha value is -2.15. The van der Waals surface area contributed by atoms with Crippen LogP contribution in [0.15, 0.2) is 60.8 Å². The SMILES string of the molecule is CCCC1(CC)C[n+]2ccc3ccccc3c2-c2ccccc21. The van der Waals surface area contributed by atoms with Gasteiger partial charge in [0.1, 0.15) is 0 Å². The number of rotatable bonds is 3. The first-order valence-electron chi connectivity index (χ1n) is 8.80. The van der Waals surface area contributed by atoms with Crippen molar-refractivity contribution in [2.75, 3.05) is 0 Å². The molecule has 3 aromatic rings. The van der Waals surface area contributed by atoms with Crippen molar-refractivity contribution in [1.29, 1.82) is 0 Å². The van der Waals surface area contributed by atoms with Crippen LogP contribution in [0.3, 0.4) is 0 Å². The average molecular weight is 302 g/mol. The van der Waals surface area contributed by atoms with Gasteiger partial charge in [0.2, 0.25) is 5.69 Å². The maximum atomic E-state index is 2.49. The van der Waals surface area contributed by atoms with E-state index in [1.165, 1.54) is 41.3 Å². The highest BCUT2D eigenvalue weighted by molar-refractivity contribution is 5.94. The molecule has 1 unspecified atom stereocenters. The summed E-state index contributed by atoms with van der Waals surface area (Å²) in [7, 11) is 0. The maximum Gasteiger partial charge on any atom is 0.220 e. The predicted molar refractivity (Wildman–Crippen MR) is 96.5 cm³/mol. The molecule has 1 aliphatic rings. The molecule has 1 aliphatic heterocycles. The number of pyridine rings is 1. The highest BCUT2D eigenvalue weighted by Crippen LogP contribution is 2.43. The third-order valence-electron chi connectivity index (χ3n) is 5.57. The zero-order valence-corrected chi connectivity index (χ0v) is 14.0. The molecule has 4 rings (SSSR count). The molecule has 2 aromatic carbocycles. The summed E-state index contributed by atoms with van der Waals surface area (Å²) in [5.74, 6) is 0. The molecule has 0 spiro atoms. The molecule has 0 amide bonds. The Kier molecular flexibility index (Phi) is 3.45. The van der Waals surface area contributed by atoms with Crippen LogP contribution in [0.5, 0.6) is 0 Å². The fraction of sp³-hybridized carbons (Fsp3) is 0.318. The van der Waals surface area contributed by atoms with Crippen LogP contribution in [0.1, 0.15) is 38.7 Å². The van der Waals surface area contributed by atoms with Gasteiger partial charge in [0.05, 0.1) is 16.4 Å². The van der Waals surface area contributed by atoms with Crippen LogP contribution in [-0.4, -0.2) is 0 Å². The van der Waals surface area contributed by atoms with Crippen LogP contribution in [0.4, 0.5) is 0 Å². The van der Waals surface area contributed by atoms with Crippen LogP contribution >= 0.6 is 0 Å². The van der Waals surface area contributed by atoms with Crippen molar-refractivity contribution in [1.82, 2.24) is 0 Å². The van der Waals surface area contributed by atoms with Gasteiger partial charge in [-0.1, -0.05) is 56.7 Å². The summed E-state index contributed by atoms with van der Waals surface area (Å²) >= 11 is 0. The topological polar surface area (TPSA) is 3.88 Å². The van der Waals surface area contributed by atoms with Gasteiger partial charge in [-0.2, -0.15) is 4.57 Å². The largest absolute Gasteiger partial charge is 0.220 e. The standard InChI is InChI=1S/C22H24N/c1-3-14-22(4-2)16-23-15-13-17-9-5-6-10-18(17)21(23)19-11-7-8-12-20(19)22/h5-13,15H,3-4,14,16H2,1-2H3/q+1. The van der Waals surface area contributed by atoms with Crippen molar-refractivity contribution < 1.29 is 4.57 Å². The van der Waals surface area contributed by atoms with Crippen molar-refractivity contribution in [2.24, 2.45) is 0 Å². The molecule has 23 heavy (non-hydrogen) atoms. The molecule has 0 saturated heterocycles. The number of benzene rings is 2. The van der Waals surface area contributed by atoms with E-state index >= 15 is 0 Å². The van der Waals surface area contributed by atoms with Crippen molar-refractivity contribution in [2.45, 2.75) is 45.1 Å². The van der Waals surface area contributed by atoms with E-state index in [1.807, 2.05) is 0 Å². The second-order valence-electron chi connectivity index (χ2n) is 6.81. The van der Waals surface area contributed by atoms with Gasteiger partial charge in [-0.15, -0.1) is 0 Å². The molecule has 0 N–H and O–H groups in total. The second-order valence-corrected chi connectivity index (χ2v) is 6.81. The summed E-state index contributed by atoms with van der Waals surface area (Å²) in [6.45, 7) is 5.74. The van der Waals surface area contributed by atoms with Crippen LogP contribution in [-0.2, 0) is 12.0 Å². The number of fused-ring (bicyclic) bond motifs is 5. The minimum absolute atomic E-state index is 0.269. The summed E-state index contributed by atoms with van der Waals surface area (Å²) in [6, 6.07) is 20.1. The smallest absolute Gasteiger partial charge is 0.197 e. The lowest BCUT2D eigenvalue weighted by molar-refractivity contribution is -0.696. The third-order valence-corrected chi connectivity index (χ3v) is 5.57. The molecule has 1 aromatic heterocycles. The number of hydrogen-bond donors (Lipinski definition) is 0. The predicted octanol–water partition coefficient (Wildman–Crippen LogP) is 5.26. The lowest BCUT2D eigenvalue weighted by Gasteiger charge is -2.35. The summed E-state index contributed by atoms with van der Waals surface area (Å²) in [5, 5.41) is 2.69. The van der Waals surface area contributed by atoms with Crippen LogP contribution in [0, 0.1) is 0 Å².